The van der Waals surface area contributed by atoms with Crippen molar-refractivity contribution < 1.29 is 8.78 Å². The van der Waals surface area contributed by atoms with Crippen molar-refractivity contribution in [1.82, 2.24) is 5.32 Å². The molecule has 1 aromatic rings. The average molecular weight is 226 g/mol. The van der Waals surface area contributed by atoms with Gasteiger partial charge in [0.05, 0.1) is 0 Å². The lowest BCUT2D eigenvalue weighted by Gasteiger charge is -2.17. The van der Waals surface area contributed by atoms with E-state index in [0.29, 0.717) is 13.1 Å². The Morgan fingerprint density at radius 2 is 2.06 bits per heavy atom. The van der Waals surface area contributed by atoms with Crippen LogP contribution in [0.4, 0.5) is 8.78 Å². The molecule has 0 aliphatic heterocycles. The maximum atomic E-state index is 12.5. The van der Waals surface area contributed by atoms with Crippen molar-refractivity contribution in [2.24, 2.45) is 5.73 Å². The fourth-order valence-corrected chi connectivity index (χ4v) is 1.47. The highest BCUT2D eigenvalue weighted by atomic mass is 19.3. The number of rotatable bonds is 6. The van der Waals surface area contributed by atoms with Crippen LogP contribution in [-0.2, 0) is 0 Å². The van der Waals surface area contributed by atoms with E-state index in [1.54, 1.807) is 18.2 Å². The molecule has 1 aromatic carbocycles. The monoisotopic (exact) mass is 226 g/mol. The van der Waals surface area contributed by atoms with E-state index in [1.807, 2.05) is 0 Å². The molecule has 0 spiro atoms. The van der Waals surface area contributed by atoms with E-state index in [4.69, 9.17) is 5.73 Å². The molecule has 0 fully saturated rings. The van der Waals surface area contributed by atoms with Crippen LogP contribution in [0.15, 0.2) is 36.9 Å². The summed E-state index contributed by atoms with van der Waals surface area (Å²) < 4.78 is 25.0. The van der Waals surface area contributed by atoms with Crippen molar-refractivity contribution in [2.45, 2.75) is 12.5 Å². The Balaban J connectivity index is 2.83. The van der Waals surface area contributed by atoms with Crippen LogP contribution >= 0.6 is 0 Å². The number of hydrogen-bond donors (Lipinski definition) is 2. The zero-order valence-electron chi connectivity index (χ0n) is 9.00. The highest BCUT2D eigenvalue weighted by molar-refractivity contribution is 5.27. The Bertz CT molecular complexity index is 340. The van der Waals surface area contributed by atoms with Gasteiger partial charge in [-0.3, -0.25) is 0 Å². The lowest BCUT2D eigenvalue weighted by Crippen LogP contribution is -2.28. The van der Waals surface area contributed by atoms with Crippen molar-refractivity contribution in [2.75, 3.05) is 13.1 Å². The Kier molecular flexibility index (Phi) is 5.08. The largest absolute Gasteiger partial charge is 0.329 e. The fourth-order valence-electron chi connectivity index (χ4n) is 1.47. The van der Waals surface area contributed by atoms with E-state index in [9.17, 15) is 8.78 Å². The molecule has 1 atom stereocenters. The van der Waals surface area contributed by atoms with Crippen LogP contribution in [-0.4, -0.2) is 13.1 Å². The molecule has 88 valence electrons. The highest BCUT2D eigenvalue weighted by Crippen LogP contribution is 2.22. The summed E-state index contributed by atoms with van der Waals surface area (Å²) in [5.74, 6) is 0. The second-order valence-electron chi connectivity index (χ2n) is 3.46. The second-order valence-corrected chi connectivity index (χ2v) is 3.46. The van der Waals surface area contributed by atoms with E-state index < -0.39 is 6.43 Å². The molecule has 0 bridgehead atoms. The van der Waals surface area contributed by atoms with Gasteiger partial charge in [-0.15, -0.1) is 6.58 Å². The smallest absolute Gasteiger partial charge is 0.263 e. The van der Waals surface area contributed by atoms with Crippen LogP contribution in [0, 0.1) is 0 Å². The Hall–Kier alpha value is -1.26. The molecule has 3 N–H and O–H groups in total. The molecule has 0 amide bonds. The second kappa shape index (κ2) is 6.35. The average Bonchev–Trinajstić information content (AvgIpc) is 2.30. The molecule has 4 heteroatoms. The molecule has 0 saturated carbocycles. The van der Waals surface area contributed by atoms with Gasteiger partial charge in [0, 0.05) is 24.7 Å². The first-order chi connectivity index (χ1) is 7.69. The number of hydrogen-bond acceptors (Lipinski definition) is 2. The van der Waals surface area contributed by atoms with Gasteiger partial charge in [0.25, 0.3) is 6.43 Å². The van der Waals surface area contributed by atoms with Crippen molar-refractivity contribution >= 4 is 0 Å². The van der Waals surface area contributed by atoms with Gasteiger partial charge in [-0.1, -0.05) is 24.3 Å². The van der Waals surface area contributed by atoms with Gasteiger partial charge in [0.2, 0.25) is 0 Å². The van der Waals surface area contributed by atoms with Crippen LogP contribution in [0.1, 0.15) is 23.6 Å². The van der Waals surface area contributed by atoms with Crippen LogP contribution in [0.2, 0.25) is 0 Å². The maximum absolute atomic E-state index is 12.5. The Labute approximate surface area is 94.2 Å². The Morgan fingerprint density at radius 3 is 2.62 bits per heavy atom. The summed E-state index contributed by atoms with van der Waals surface area (Å²) >= 11 is 0. The van der Waals surface area contributed by atoms with Crippen molar-refractivity contribution in [3.8, 4) is 0 Å². The SMILES string of the molecule is C=CCNC(CN)c1cccc(C(F)F)c1. The normalized spacial score (nSPS) is 12.8. The van der Waals surface area contributed by atoms with Crippen LogP contribution < -0.4 is 11.1 Å². The van der Waals surface area contributed by atoms with Gasteiger partial charge in [0.15, 0.2) is 0 Å². The van der Waals surface area contributed by atoms with E-state index in [-0.39, 0.29) is 11.6 Å². The molecule has 0 aliphatic carbocycles. The molecule has 16 heavy (non-hydrogen) atoms. The van der Waals surface area contributed by atoms with Gasteiger partial charge >= 0.3 is 0 Å². The first-order valence-corrected chi connectivity index (χ1v) is 5.11. The molecule has 0 aromatic heterocycles. The third-order valence-electron chi connectivity index (χ3n) is 2.31. The molecule has 1 rings (SSSR count). The Morgan fingerprint density at radius 1 is 1.38 bits per heavy atom. The zero-order chi connectivity index (χ0) is 12.0. The predicted octanol–water partition coefficient (Wildman–Crippen LogP) is 2.40. The van der Waals surface area contributed by atoms with E-state index >= 15 is 0 Å². The van der Waals surface area contributed by atoms with Crippen molar-refractivity contribution in [1.29, 1.82) is 0 Å². The van der Waals surface area contributed by atoms with E-state index in [2.05, 4.69) is 11.9 Å². The molecular formula is C12H16F2N2. The summed E-state index contributed by atoms with van der Waals surface area (Å²) in [6.07, 6.45) is -0.739. The first-order valence-electron chi connectivity index (χ1n) is 5.11. The third kappa shape index (κ3) is 3.40. The highest BCUT2D eigenvalue weighted by Gasteiger charge is 2.12. The van der Waals surface area contributed by atoms with Crippen LogP contribution in [0.3, 0.4) is 0 Å². The summed E-state index contributed by atoms with van der Waals surface area (Å²) in [5, 5.41) is 3.11. The molecule has 0 heterocycles. The minimum atomic E-state index is -2.45. The van der Waals surface area contributed by atoms with Crippen LogP contribution in [0.25, 0.3) is 0 Å². The standard InChI is InChI=1S/C12H16F2N2/c1-2-6-16-11(8-15)9-4-3-5-10(7-9)12(13)14/h2-5,7,11-12,16H,1,6,8,15H2. The molecule has 0 aliphatic rings. The maximum Gasteiger partial charge on any atom is 0.263 e. The van der Waals surface area contributed by atoms with E-state index in [0.717, 1.165) is 5.56 Å². The summed E-state index contributed by atoms with van der Waals surface area (Å²) in [5.41, 5.74) is 6.39. The molecule has 0 radical (unpaired) electrons. The van der Waals surface area contributed by atoms with Gasteiger partial charge in [-0.2, -0.15) is 0 Å². The number of nitrogens with one attached hydrogen (secondary N) is 1. The van der Waals surface area contributed by atoms with E-state index in [1.165, 1.54) is 12.1 Å². The first kappa shape index (κ1) is 12.8. The lowest BCUT2D eigenvalue weighted by molar-refractivity contribution is 0.151. The lowest BCUT2D eigenvalue weighted by atomic mass is 10.0. The quantitative estimate of drug-likeness (QED) is 0.731. The van der Waals surface area contributed by atoms with Crippen LogP contribution in [0.5, 0.6) is 0 Å². The summed E-state index contributed by atoms with van der Waals surface area (Å²) in [6.45, 7) is 4.54. The van der Waals surface area contributed by atoms with Gasteiger partial charge in [0.1, 0.15) is 0 Å². The number of halogens is 2. The summed E-state index contributed by atoms with van der Waals surface area (Å²) in [6, 6.07) is 6.19. The fraction of sp³-hybridized carbons (Fsp3) is 0.333. The predicted molar refractivity (Wildman–Crippen MR) is 61.4 cm³/mol. The zero-order valence-corrected chi connectivity index (χ0v) is 9.00. The third-order valence-corrected chi connectivity index (χ3v) is 2.31. The number of nitrogens with two attached hydrogens (primary N) is 1. The summed E-state index contributed by atoms with van der Waals surface area (Å²) in [7, 11) is 0. The number of benzene rings is 1. The summed E-state index contributed by atoms with van der Waals surface area (Å²) in [4.78, 5) is 0. The van der Waals surface area contributed by atoms with Gasteiger partial charge in [-0.25, -0.2) is 8.78 Å². The molecular weight excluding hydrogens is 210 g/mol. The molecule has 2 nitrogen and oxygen atoms in total. The molecule has 0 saturated heterocycles. The topological polar surface area (TPSA) is 38.0 Å². The molecule has 1 unspecified atom stereocenters. The minimum Gasteiger partial charge on any atom is -0.329 e. The van der Waals surface area contributed by atoms with Crippen molar-refractivity contribution in [3.05, 3.63) is 48.0 Å². The number of alkyl halides is 2. The van der Waals surface area contributed by atoms with Gasteiger partial charge in [-0.05, 0) is 11.6 Å². The van der Waals surface area contributed by atoms with Crippen molar-refractivity contribution in [3.63, 3.8) is 0 Å². The minimum absolute atomic E-state index is 0.0244. The van der Waals surface area contributed by atoms with Gasteiger partial charge < -0.3 is 11.1 Å².